The van der Waals surface area contributed by atoms with Gasteiger partial charge in [0.05, 0.1) is 16.3 Å². The summed E-state index contributed by atoms with van der Waals surface area (Å²) in [5.74, 6) is 1.56. The molecule has 1 heterocycles. The number of nitrogens with zero attached hydrogens (tertiary/aromatic N) is 1. The molecule has 25 heavy (non-hydrogen) atoms. The Morgan fingerprint density at radius 2 is 2.24 bits per heavy atom. The maximum absolute atomic E-state index is 12.5. The van der Waals surface area contributed by atoms with Crippen LogP contribution in [0.5, 0.6) is 0 Å². The lowest BCUT2D eigenvalue weighted by atomic mass is 10.2. The standard InChI is InChI=1S/C19H24N2O2S2/c1-14-21-16(12-24-14)13-25-18-6-3-2-5-17(18)19(22)20-9-4-10-23-11-15-7-8-15/h2-3,5-6,12,15H,4,7-11,13H2,1H3,(H,20,22). The molecular weight excluding hydrogens is 352 g/mol. The number of aromatic nitrogens is 1. The first-order valence-corrected chi connectivity index (χ1v) is 10.6. The number of aryl methyl sites for hydroxylation is 1. The molecule has 1 amide bonds. The average molecular weight is 377 g/mol. The van der Waals surface area contributed by atoms with Crippen LogP contribution in [0.15, 0.2) is 34.5 Å². The molecule has 1 aromatic carbocycles. The van der Waals surface area contributed by atoms with Gasteiger partial charge in [-0.05, 0) is 44.2 Å². The lowest BCUT2D eigenvalue weighted by Gasteiger charge is -2.10. The van der Waals surface area contributed by atoms with Gasteiger partial charge in [0.15, 0.2) is 0 Å². The van der Waals surface area contributed by atoms with Crippen LogP contribution < -0.4 is 5.32 Å². The smallest absolute Gasteiger partial charge is 0.252 e. The predicted molar refractivity (Wildman–Crippen MR) is 103 cm³/mol. The summed E-state index contributed by atoms with van der Waals surface area (Å²) in [6.07, 6.45) is 3.48. The lowest BCUT2D eigenvalue weighted by Crippen LogP contribution is -2.25. The first-order valence-electron chi connectivity index (χ1n) is 8.71. The topological polar surface area (TPSA) is 51.2 Å². The van der Waals surface area contributed by atoms with Crippen molar-refractivity contribution in [2.75, 3.05) is 19.8 Å². The van der Waals surface area contributed by atoms with E-state index in [1.165, 1.54) is 12.8 Å². The summed E-state index contributed by atoms with van der Waals surface area (Å²) in [4.78, 5) is 17.9. The third kappa shape index (κ3) is 6.13. The minimum absolute atomic E-state index is 0.0141. The van der Waals surface area contributed by atoms with Gasteiger partial charge in [-0.3, -0.25) is 4.79 Å². The van der Waals surface area contributed by atoms with Crippen LogP contribution in [0.2, 0.25) is 0 Å². The number of thioether (sulfide) groups is 1. The second kappa shape index (κ2) is 9.36. The second-order valence-corrected chi connectivity index (χ2v) is 8.35. The van der Waals surface area contributed by atoms with E-state index >= 15 is 0 Å². The Balaban J connectivity index is 1.44. The van der Waals surface area contributed by atoms with Crippen LogP contribution in [0.25, 0.3) is 0 Å². The highest BCUT2D eigenvalue weighted by atomic mass is 32.2. The number of benzene rings is 1. The predicted octanol–water partition coefficient (Wildman–Crippen LogP) is 4.29. The van der Waals surface area contributed by atoms with Gasteiger partial charge in [-0.2, -0.15) is 0 Å². The molecule has 0 bridgehead atoms. The average Bonchev–Trinajstić information content (AvgIpc) is 3.36. The summed E-state index contributed by atoms with van der Waals surface area (Å²) in [6.45, 7) is 4.25. The van der Waals surface area contributed by atoms with E-state index in [4.69, 9.17) is 4.74 Å². The number of ether oxygens (including phenoxy) is 1. The molecule has 134 valence electrons. The number of carbonyl (C=O) groups excluding carboxylic acids is 1. The van der Waals surface area contributed by atoms with Gasteiger partial charge in [-0.15, -0.1) is 23.1 Å². The number of hydrogen-bond acceptors (Lipinski definition) is 5. The molecule has 1 N–H and O–H groups in total. The molecule has 1 saturated carbocycles. The van der Waals surface area contributed by atoms with Crippen LogP contribution in [0.1, 0.15) is 40.3 Å². The molecule has 1 fully saturated rings. The molecule has 4 nitrogen and oxygen atoms in total. The van der Waals surface area contributed by atoms with Crippen molar-refractivity contribution in [1.29, 1.82) is 0 Å². The number of thiazole rings is 1. The third-order valence-electron chi connectivity index (χ3n) is 3.98. The zero-order chi connectivity index (χ0) is 17.5. The normalized spacial score (nSPS) is 13.8. The van der Waals surface area contributed by atoms with Crippen LogP contribution in [-0.2, 0) is 10.5 Å². The van der Waals surface area contributed by atoms with Crippen molar-refractivity contribution in [3.63, 3.8) is 0 Å². The molecule has 3 rings (SSSR count). The number of carbonyl (C=O) groups is 1. The number of hydrogen-bond donors (Lipinski definition) is 1. The highest BCUT2D eigenvalue weighted by Crippen LogP contribution is 2.29. The van der Waals surface area contributed by atoms with Crippen LogP contribution in [0.4, 0.5) is 0 Å². The van der Waals surface area contributed by atoms with Crippen molar-refractivity contribution < 1.29 is 9.53 Å². The van der Waals surface area contributed by atoms with Crippen molar-refractivity contribution >= 4 is 29.0 Å². The summed E-state index contributed by atoms with van der Waals surface area (Å²) in [5.41, 5.74) is 1.80. The monoisotopic (exact) mass is 376 g/mol. The number of nitrogens with one attached hydrogen (secondary N) is 1. The molecule has 0 saturated heterocycles. The van der Waals surface area contributed by atoms with Gasteiger partial charge in [0.25, 0.3) is 5.91 Å². The van der Waals surface area contributed by atoms with E-state index in [0.29, 0.717) is 6.54 Å². The molecule has 0 atom stereocenters. The van der Waals surface area contributed by atoms with Crippen LogP contribution >= 0.6 is 23.1 Å². The highest BCUT2D eigenvalue weighted by molar-refractivity contribution is 7.98. The van der Waals surface area contributed by atoms with Gasteiger partial charge in [-0.25, -0.2) is 4.98 Å². The lowest BCUT2D eigenvalue weighted by molar-refractivity contribution is 0.0934. The van der Waals surface area contributed by atoms with Gasteiger partial charge in [0.1, 0.15) is 0 Å². The fourth-order valence-electron chi connectivity index (χ4n) is 2.41. The SMILES string of the molecule is Cc1nc(CSc2ccccc2C(=O)NCCCOCC2CC2)cs1. The Morgan fingerprint density at radius 3 is 3.00 bits per heavy atom. The maximum Gasteiger partial charge on any atom is 0.252 e. The van der Waals surface area contributed by atoms with Crippen LogP contribution in [0, 0.1) is 12.8 Å². The van der Waals surface area contributed by atoms with Gasteiger partial charge < -0.3 is 10.1 Å². The zero-order valence-corrected chi connectivity index (χ0v) is 16.1. The van der Waals surface area contributed by atoms with E-state index < -0.39 is 0 Å². The Morgan fingerprint density at radius 1 is 1.40 bits per heavy atom. The maximum atomic E-state index is 12.5. The Hall–Kier alpha value is -1.37. The van der Waals surface area contributed by atoms with Gasteiger partial charge >= 0.3 is 0 Å². The molecule has 0 spiro atoms. The Kier molecular flexibility index (Phi) is 6.90. The van der Waals surface area contributed by atoms with Crippen molar-refractivity contribution in [3.05, 3.63) is 45.9 Å². The fourth-order valence-corrected chi connectivity index (χ4v) is 4.07. The molecular formula is C19H24N2O2S2. The van der Waals surface area contributed by atoms with E-state index in [1.54, 1.807) is 23.1 Å². The largest absolute Gasteiger partial charge is 0.381 e. The van der Waals surface area contributed by atoms with E-state index in [0.717, 1.165) is 52.5 Å². The third-order valence-corrected chi connectivity index (χ3v) is 5.90. The van der Waals surface area contributed by atoms with Gasteiger partial charge in [-0.1, -0.05) is 12.1 Å². The van der Waals surface area contributed by atoms with E-state index in [1.807, 2.05) is 31.2 Å². The summed E-state index contributed by atoms with van der Waals surface area (Å²) < 4.78 is 5.60. The zero-order valence-electron chi connectivity index (χ0n) is 14.5. The first kappa shape index (κ1) is 18.4. The Labute approximate surface area is 157 Å². The molecule has 0 unspecified atom stereocenters. The molecule has 0 aliphatic heterocycles. The molecule has 1 aliphatic carbocycles. The summed E-state index contributed by atoms with van der Waals surface area (Å²) in [6, 6.07) is 7.76. The number of amides is 1. The summed E-state index contributed by atoms with van der Waals surface area (Å²) in [5, 5.41) is 6.15. The Bertz CT molecular complexity index is 698. The summed E-state index contributed by atoms with van der Waals surface area (Å²) >= 11 is 3.32. The second-order valence-electron chi connectivity index (χ2n) is 6.27. The molecule has 6 heteroatoms. The van der Waals surface area contributed by atoms with Crippen molar-refractivity contribution in [1.82, 2.24) is 10.3 Å². The van der Waals surface area contributed by atoms with Crippen molar-refractivity contribution in [2.24, 2.45) is 5.92 Å². The number of rotatable bonds is 10. The molecule has 0 radical (unpaired) electrons. The van der Waals surface area contributed by atoms with Crippen molar-refractivity contribution in [3.8, 4) is 0 Å². The van der Waals surface area contributed by atoms with Crippen LogP contribution in [-0.4, -0.2) is 30.6 Å². The van der Waals surface area contributed by atoms with E-state index in [9.17, 15) is 4.79 Å². The summed E-state index contributed by atoms with van der Waals surface area (Å²) in [7, 11) is 0. The van der Waals surface area contributed by atoms with Gasteiger partial charge in [0.2, 0.25) is 0 Å². The van der Waals surface area contributed by atoms with Gasteiger partial charge in [0, 0.05) is 35.8 Å². The first-order chi connectivity index (χ1) is 12.2. The minimum Gasteiger partial charge on any atom is -0.381 e. The van der Waals surface area contributed by atoms with E-state index in [2.05, 4.69) is 15.7 Å². The minimum atomic E-state index is -0.0141. The van der Waals surface area contributed by atoms with Crippen LogP contribution in [0.3, 0.4) is 0 Å². The van der Waals surface area contributed by atoms with Crippen molar-refractivity contribution in [2.45, 2.75) is 36.8 Å². The molecule has 1 aromatic heterocycles. The fraction of sp³-hybridized carbons (Fsp3) is 0.474. The molecule has 2 aromatic rings. The van der Waals surface area contributed by atoms with E-state index in [-0.39, 0.29) is 5.91 Å². The highest BCUT2D eigenvalue weighted by Gasteiger charge is 2.20. The quantitative estimate of drug-likeness (QED) is 0.496. The molecule has 1 aliphatic rings.